The van der Waals surface area contributed by atoms with Gasteiger partial charge in [-0.3, -0.25) is 0 Å². The molecule has 1 heterocycles. The Morgan fingerprint density at radius 1 is 1.50 bits per heavy atom. The SMILES string of the molecule is Cc1c(Cl)cccc1NC(=O)N1CCSCC1C(=O)O. The van der Waals surface area contributed by atoms with Crippen molar-refractivity contribution in [2.24, 2.45) is 0 Å². The number of thioether (sulfide) groups is 1. The predicted molar refractivity (Wildman–Crippen MR) is 80.7 cm³/mol. The molecular formula is C13H15ClN2O3S. The third-order valence-electron chi connectivity index (χ3n) is 3.18. The van der Waals surface area contributed by atoms with E-state index in [-0.39, 0.29) is 0 Å². The van der Waals surface area contributed by atoms with E-state index >= 15 is 0 Å². The molecule has 5 nitrogen and oxygen atoms in total. The number of anilines is 1. The van der Waals surface area contributed by atoms with Crippen LogP contribution in [-0.4, -0.2) is 46.1 Å². The van der Waals surface area contributed by atoms with Gasteiger partial charge in [-0.2, -0.15) is 11.8 Å². The van der Waals surface area contributed by atoms with Gasteiger partial charge in [-0.05, 0) is 24.6 Å². The second-order valence-corrected chi connectivity index (χ2v) is 6.02. The van der Waals surface area contributed by atoms with Crippen molar-refractivity contribution < 1.29 is 14.7 Å². The van der Waals surface area contributed by atoms with E-state index in [1.807, 2.05) is 0 Å². The first-order valence-corrected chi connectivity index (χ1v) is 7.67. The quantitative estimate of drug-likeness (QED) is 0.880. The van der Waals surface area contributed by atoms with Gasteiger partial charge < -0.3 is 15.3 Å². The van der Waals surface area contributed by atoms with Crippen molar-refractivity contribution in [3.63, 3.8) is 0 Å². The summed E-state index contributed by atoms with van der Waals surface area (Å²) in [5.74, 6) is 0.179. The highest BCUT2D eigenvalue weighted by molar-refractivity contribution is 7.99. The van der Waals surface area contributed by atoms with Gasteiger partial charge in [0.2, 0.25) is 0 Å². The maximum Gasteiger partial charge on any atom is 0.327 e. The Balaban J connectivity index is 2.14. The molecule has 1 saturated heterocycles. The second-order valence-electron chi connectivity index (χ2n) is 4.46. The number of urea groups is 1. The Hall–Kier alpha value is -1.40. The van der Waals surface area contributed by atoms with Crippen molar-refractivity contribution in [1.82, 2.24) is 4.90 Å². The van der Waals surface area contributed by atoms with Gasteiger partial charge in [0.1, 0.15) is 6.04 Å². The molecule has 1 aromatic rings. The minimum atomic E-state index is -0.977. The summed E-state index contributed by atoms with van der Waals surface area (Å²) in [5.41, 5.74) is 1.37. The third-order valence-corrected chi connectivity index (χ3v) is 4.62. The van der Waals surface area contributed by atoms with Gasteiger partial charge in [0.15, 0.2) is 0 Å². The number of hydrogen-bond acceptors (Lipinski definition) is 3. The Morgan fingerprint density at radius 2 is 2.25 bits per heavy atom. The first-order valence-electron chi connectivity index (χ1n) is 6.14. The summed E-state index contributed by atoms with van der Waals surface area (Å²) in [6.07, 6.45) is 0. The normalized spacial score (nSPS) is 18.7. The molecule has 2 N–H and O–H groups in total. The van der Waals surface area contributed by atoms with Gasteiger partial charge >= 0.3 is 12.0 Å². The number of rotatable bonds is 2. The fourth-order valence-corrected chi connectivity index (χ4v) is 3.19. The smallest absolute Gasteiger partial charge is 0.327 e. The predicted octanol–water partition coefficient (Wildman–Crippen LogP) is 2.68. The lowest BCUT2D eigenvalue weighted by Crippen LogP contribution is -2.51. The molecule has 1 fully saturated rings. The summed E-state index contributed by atoms with van der Waals surface area (Å²) < 4.78 is 0. The van der Waals surface area contributed by atoms with E-state index in [0.29, 0.717) is 23.0 Å². The van der Waals surface area contributed by atoms with Crippen LogP contribution in [0.3, 0.4) is 0 Å². The van der Waals surface area contributed by atoms with Crippen LogP contribution in [0.5, 0.6) is 0 Å². The average molecular weight is 315 g/mol. The second kappa shape index (κ2) is 6.37. The molecule has 0 spiro atoms. The van der Waals surface area contributed by atoms with Crippen LogP contribution in [-0.2, 0) is 4.79 Å². The van der Waals surface area contributed by atoms with Crippen LogP contribution >= 0.6 is 23.4 Å². The molecule has 0 aromatic heterocycles. The zero-order chi connectivity index (χ0) is 14.7. The van der Waals surface area contributed by atoms with E-state index < -0.39 is 18.0 Å². The molecule has 108 valence electrons. The highest BCUT2D eigenvalue weighted by atomic mass is 35.5. The molecule has 0 radical (unpaired) electrons. The van der Waals surface area contributed by atoms with E-state index in [1.54, 1.807) is 36.9 Å². The number of carbonyl (C=O) groups is 2. The van der Waals surface area contributed by atoms with Crippen LogP contribution in [0.15, 0.2) is 18.2 Å². The van der Waals surface area contributed by atoms with Crippen LogP contribution in [0.4, 0.5) is 10.5 Å². The van der Waals surface area contributed by atoms with E-state index in [0.717, 1.165) is 11.3 Å². The van der Waals surface area contributed by atoms with Gasteiger partial charge in [0.25, 0.3) is 0 Å². The van der Waals surface area contributed by atoms with Gasteiger partial charge in [-0.15, -0.1) is 0 Å². The minimum Gasteiger partial charge on any atom is -0.480 e. The fourth-order valence-electron chi connectivity index (χ4n) is 1.98. The van der Waals surface area contributed by atoms with E-state index in [2.05, 4.69) is 5.32 Å². The van der Waals surface area contributed by atoms with Crippen molar-refractivity contribution in [2.75, 3.05) is 23.4 Å². The van der Waals surface area contributed by atoms with Crippen molar-refractivity contribution in [1.29, 1.82) is 0 Å². The maximum absolute atomic E-state index is 12.2. The number of nitrogens with zero attached hydrogens (tertiary/aromatic N) is 1. The molecule has 1 aromatic carbocycles. The number of nitrogens with one attached hydrogen (secondary N) is 1. The lowest BCUT2D eigenvalue weighted by Gasteiger charge is -2.32. The minimum absolute atomic E-state index is 0.400. The molecule has 2 rings (SSSR count). The van der Waals surface area contributed by atoms with Crippen LogP contribution in [0.25, 0.3) is 0 Å². The van der Waals surface area contributed by atoms with Crippen molar-refractivity contribution in [3.8, 4) is 0 Å². The van der Waals surface area contributed by atoms with Crippen LogP contribution in [0, 0.1) is 6.92 Å². The molecule has 1 aliphatic heterocycles. The lowest BCUT2D eigenvalue weighted by molar-refractivity contribution is -0.141. The Bertz CT molecular complexity index is 538. The van der Waals surface area contributed by atoms with Crippen molar-refractivity contribution >= 4 is 41.1 Å². The van der Waals surface area contributed by atoms with Gasteiger partial charge in [-0.1, -0.05) is 17.7 Å². The molecule has 1 atom stereocenters. The Kier molecular flexibility index (Phi) is 4.77. The highest BCUT2D eigenvalue weighted by Crippen LogP contribution is 2.24. The fraction of sp³-hybridized carbons (Fsp3) is 0.385. The van der Waals surface area contributed by atoms with Gasteiger partial charge in [0, 0.05) is 28.8 Å². The van der Waals surface area contributed by atoms with Crippen LogP contribution in [0.2, 0.25) is 5.02 Å². The number of amides is 2. The highest BCUT2D eigenvalue weighted by Gasteiger charge is 2.32. The first-order chi connectivity index (χ1) is 9.50. The molecule has 0 bridgehead atoms. The lowest BCUT2D eigenvalue weighted by atomic mass is 10.2. The van der Waals surface area contributed by atoms with Crippen LogP contribution < -0.4 is 5.32 Å². The third kappa shape index (κ3) is 3.19. The monoisotopic (exact) mass is 314 g/mol. The summed E-state index contributed by atoms with van der Waals surface area (Å²) in [6, 6.07) is 4.04. The van der Waals surface area contributed by atoms with Crippen LogP contribution in [0.1, 0.15) is 5.56 Å². The number of aliphatic carboxylic acids is 1. The molecule has 1 aliphatic rings. The molecule has 2 amide bonds. The summed E-state index contributed by atoms with van der Waals surface area (Å²) >= 11 is 7.54. The Labute approximate surface area is 126 Å². The summed E-state index contributed by atoms with van der Waals surface area (Å²) in [4.78, 5) is 24.8. The van der Waals surface area contributed by atoms with Gasteiger partial charge in [0.05, 0.1) is 0 Å². The molecule has 0 aliphatic carbocycles. The van der Waals surface area contributed by atoms with Gasteiger partial charge in [-0.25, -0.2) is 9.59 Å². The summed E-state index contributed by atoms with van der Waals surface area (Å²) in [7, 11) is 0. The summed E-state index contributed by atoms with van der Waals surface area (Å²) in [6.45, 7) is 2.23. The van der Waals surface area contributed by atoms with E-state index in [9.17, 15) is 9.59 Å². The zero-order valence-electron chi connectivity index (χ0n) is 10.9. The largest absolute Gasteiger partial charge is 0.480 e. The molecule has 20 heavy (non-hydrogen) atoms. The molecule has 1 unspecified atom stereocenters. The molecule has 0 saturated carbocycles. The topological polar surface area (TPSA) is 69.6 Å². The number of carboxylic acids is 1. The molecular weight excluding hydrogens is 300 g/mol. The maximum atomic E-state index is 12.2. The molecule has 7 heteroatoms. The van der Waals surface area contributed by atoms with E-state index in [4.69, 9.17) is 16.7 Å². The number of carbonyl (C=O) groups excluding carboxylic acids is 1. The van der Waals surface area contributed by atoms with Crippen molar-refractivity contribution in [2.45, 2.75) is 13.0 Å². The number of halogens is 1. The number of hydrogen-bond donors (Lipinski definition) is 2. The average Bonchev–Trinajstić information content (AvgIpc) is 2.43. The standard InChI is InChI=1S/C13H15ClN2O3S/c1-8-9(14)3-2-4-10(8)15-13(19)16-5-6-20-7-11(16)12(17)18/h2-4,11H,5-7H2,1H3,(H,15,19)(H,17,18). The number of carboxylic acid groups (broad SMARTS) is 1. The van der Waals surface area contributed by atoms with E-state index in [1.165, 1.54) is 4.90 Å². The zero-order valence-corrected chi connectivity index (χ0v) is 12.5. The number of benzene rings is 1. The first kappa shape index (κ1) is 15.0. The summed E-state index contributed by atoms with van der Waals surface area (Å²) in [5, 5.41) is 12.5. The van der Waals surface area contributed by atoms with Crippen molar-refractivity contribution in [3.05, 3.63) is 28.8 Å². The Morgan fingerprint density at radius 3 is 2.95 bits per heavy atom.